The van der Waals surface area contributed by atoms with Crippen molar-refractivity contribution in [3.63, 3.8) is 0 Å². The van der Waals surface area contributed by atoms with Crippen LogP contribution in [0, 0.1) is 11.3 Å². The van der Waals surface area contributed by atoms with Crippen LogP contribution in [-0.4, -0.2) is 76.7 Å². The lowest BCUT2D eigenvalue weighted by atomic mass is 10.1. The summed E-state index contributed by atoms with van der Waals surface area (Å²) in [5.41, 5.74) is 3.67. The fraction of sp³-hybridized carbons (Fsp3) is 0.346. The third-order valence-electron chi connectivity index (χ3n) is 6.19. The molecule has 1 saturated heterocycles. The Kier molecular flexibility index (Phi) is 7.69. The number of morpholine rings is 1. The Hall–Kier alpha value is -4.27. The van der Waals surface area contributed by atoms with Gasteiger partial charge in [-0.3, -0.25) is 9.88 Å². The number of fused-ring (bicyclic) bond motifs is 1. The highest BCUT2D eigenvalue weighted by Crippen LogP contribution is 2.37. The van der Waals surface area contributed by atoms with Crippen molar-refractivity contribution in [3.8, 4) is 17.6 Å². The van der Waals surface area contributed by atoms with Crippen LogP contribution >= 0.6 is 0 Å². The predicted molar refractivity (Wildman–Crippen MR) is 137 cm³/mol. The maximum absolute atomic E-state index is 9.76. The van der Waals surface area contributed by atoms with Gasteiger partial charge in [0.2, 0.25) is 0 Å². The van der Waals surface area contributed by atoms with E-state index in [-0.39, 0.29) is 0 Å². The molecule has 0 saturated carbocycles. The summed E-state index contributed by atoms with van der Waals surface area (Å²) in [6.07, 6.45) is 3.88. The van der Waals surface area contributed by atoms with Gasteiger partial charge in [0.05, 0.1) is 50.2 Å². The number of ether oxygens (including phenoxy) is 3. The molecule has 3 heterocycles. The van der Waals surface area contributed by atoms with Crippen molar-refractivity contribution in [2.75, 3.05) is 51.9 Å². The first-order valence-corrected chi connectivity index (χ1v) is 12.1. The monoisotopic (exact) mass is 500 g/mol. The Labute approximate surface area is 214 Å². The second-order valence-corrected chi connectivity index (χ2v) is 8.62. The smallest absolute Gasteiger partial charge is 0.163 e. The van der Waals surface area contributed by atoms with Gasteiger partial charge in [0.25, 0.3) is 0 Å². The van der Waals surface area contributed by atoms with E-state index in [1.165, 1.54) is 11.1 Å². The Morgan fingerprint density at radius 2 is 1.97 bits per heavy atom. The average molecular weight is 501 g/mol. The first-order chi connectivity index (χ1) is 18.2. The van der Waals surface area contributed by atoms with E-state index >= 15 is 0 Å². The molecule has 2 aromatic carbocycles. The fourth-order valence-corrected chi connectivity index (χ4v) is 4.25. The largest absolute Gasteiger partial charge is 0.493 e. The van der Waals surface area contributed by atoms with Crippen LogP contribution in [0.3, 0.4) is 0 Å². The molecule has 37 heavy (non-hydrogen) atoms. The molecular formula is C26H28N8O3. The highest BCUT2D eigenvalue weighted by Gasteiger charge is 2.15. The summed E-state index contributed by atoms with van der Waals surface area (Å²) in [6, 6.07) is 13.8. The van der Waals surface area contributed by atoms with Gasteiger partial charge in [0.15, 0.2) is 17.8 Å². The van der Waals surface area contributed by atoms with E-state index in [1.54, 1.807) is 13.3 Å². The zero-order chi connectivity index (χ0) is 25.5. The molecule has 0 radical (unpaired) electrons. The van der Waals surface area contributed by atoms with E-state index in [4.69, 9.17) is 14.2 Å². The number of pyridine rings is 1. The number of tetrazole rings is 1. The number of anilines is 2. The minimum Gasteiger partial charge on any atom is -0.493 e. The van der Waals surface area contributed by atoms with E-state index in [0.29, 0.717) is 41.4 Å². The van der Waals surface area contributed by atoms with E-state index in [1.807, 2.05) is 36.4 Å². The zero-order valence-electron chi connectivity index (χ0n) is 20.6. The van der Waals surface area contributed by atoms with Crippen molar-refractivity contribution in [1.82, 2.24) is 30.1 Å². The van der Waals surface area contributed by atoms with Crippen LogP contribution in [0.15, 0.2) is 48.9 Å². The van der Waals surface area contributed by atoms with Crippen molar-refractivity contribution in [3.05, 3.63) is 60.0 Å². The number of benzene rings is 2. The van der Waals surface area contributed by atoms with Crippen LogP contribution in [0.5, 0.6) is 11.5 Å². The molecule has 0 spiro atoms. The van der Waals surface area contributed by atoms with Gasteiger partial charge in [-0.25, -0.2) is 0 Å². The summed E-state index contributed by atoms with van der Waals surface area (Å²) >= 11 is 0. The standard InChI is InChI=1S/C26H28N8O3/c1-35-24-13-22-23(14-25(24)37-10-2-7-33-8-11-36-12-9-33)28-16-20(15-27)26(22)31-21-5-3-19(4-6-21)17-34-30-18-29-32-34/h3-6,13-14,16,18H,2,7-12,17H2,1H3,(H,28,31). The lowest BCUT2D eigenvalue weighted by Gasteiger charge is -2.26. The van der Waals surface area contributed by atoms with Gasteiger partial charge in [-0.15, -0.1) is 10.2 Å². The summed E-state index contributed by atoms with van der Waals surface area (Å²) in [5.74, 6) is 1.22. The van der Waals surface area contributed by atoms with Crippen molar-refractivity contribution < 1.29 is 14.2 Å². The number of hydrogen-bond acceptors (Lipinski definition) is 10. The van der Waals surface area contributed by atoms with E-state index in [0.717, 1.165) is 55.9 Å². The topological polar surface area (TPSA) is 123 Å². The van der Waals surface area contributed by atoms with Gasteiger partial charge in [0, 0.05) is 43.0 Å². The van der Waals surface area contributed by atoms with Crippen LogP contribution in [0.4, 0.5) is 11.4 Å². The molecule has 0 atom stereocenters. The number of aromatic nitrogens is 5. The normalized spacial score (nSPS) is 13.8. The molecule has 0 aliphatic carbocycles. The fourth-order valence-electron chi connectivity index (χ4n) is 4.25. The van der Waals surface area contributed by atoms with Crippen LogP contribution in [0.2, 0.25) is 0 Å². The van der Waals surface area contributed by atoms with Crippen LogP contribution < -0.4 is 14.8 Å². The molecule has 1 aliphatic heterocycles. The number of hydrogen-bond donors (Lipinski definition) is 1. The Balaban J connectivity index is 1.33. The maximum Gasteiger partial charge on any atom is 0.163 e. The summed E-state index contributed by atoms with van der Waals surface area (Å²) in [4.78, 5) is 8.40. The van der Waals surface area contributed by atoms with Gasteiger partial charge < -0.3 is 19.5 Å². The van der Waals surface area contributed by atoms with Gasteiger partial charge in [0.1, 0.15) is 6.07 Å². The lowest BCUT2D eigenvalue weighted by molar-refractivity contribution is 0.0357. The summed E-state index contributed by atoms with van der Waals surface area (Å²) in [5, 5.41) is 25.6. The first-order valence-electron chi connectivity index (χ1n) is 12.1. The van der Waals surface area contributed by atoms with Crippen molar-refractivity contribution in [1.29, 1.82) is 5.26 Å². The number of rotatable bonds is 10. The molecular weight excluding hydrogens is 472 g/mol. The molecule has 11 nitrogen and oxygen atoms in total. The summed E-state index contributed by atoms with van der Waals surface area (Å²) in [6.45, 7) is 5.55. The molecule has 0 amide bonds. The Bertz CT molecular complexity index is 1360. The van der Waals surface area contributed by atoms with Crippen molar-refractivity contribution in [2.24, 2.45) is 0 Å². The highest BCUT2D eigenvalue weighted by atomic mass is 16.5. The molecule has 5 rings (SSSR count). The van der Waals surface area contributed by atoms with Crippen LogP contribution in [0.25, 0.3) is 10.9 Å². The molecule has 0 unspecified atom stereocenters. The van der Waals surface area contributed by atoms with E-state index in [2.05, 4.69) is 36.7 Å². The molecule has 11 heteroatoms. The minimum absolute atomic E-state index is 0.435. The zero-order valence-corrected chi connectivity index (χ0v) is 20.6. The molecule has 0 bridgehead atoms. The molecule has 1 N–H and O–H groups in total. The molecule has 1 fully saturated rings. The molecule has 4 aromatic rings. The third kappa shape index (κ3) is 5.94. The number of nitrogens with one attached hydrogen (secondary N) is 1. The number of nitrogens with zero attached hydrogens (tertiary/aromatic N) is 7. The number of nitriles is 1. The molecule has 2 aromatic heterocycles. The van der Waals surface area contributed by atoms with Gasteiger partial charge >= 0.3 is 0 Å². The molecule has 1 aliphatic rings. The van der Waals surface area contributed by atoms with Crippen molar-refractivity contribution in [2.45, 2.75) is 13.0 Å². The lowest BCUT2D eigenvalue weighted by Crippen LogP contribution is -2.37. The Morgan fingerprint density at radius 3 is 2.70 bits per heavy atom. The Morgan fingerprint density at radius 1 is 1.14 bits per heavy atom. The second kappa shape index (κ2) is 11.6. The van der Waals surface area contributed by atoms with Crippen LogP contribution in [-0.2, 0) is 11.3 Å². The van der Waals surface area contributed by atoms with Gasteiger partial charge in [-0.2, -0.15) is 10.1 Å². The van der Waals surface area contributed by atoms with Crippen molar-refractivity contribution >= 4 is 22.3 Å². The average Bonchev–Trinajstić information content (AvgIpc) is 3.45. The maximum atomic E-state index is 9.76. The summed E-state index contributed by atoms with van der Waals surface area (Å²) < 4.78 is 17.1. The van der Waals surface area contributed by atoms with E-state index in [9.17, 15) is 5.26 Å². The number of methoxy groups -OCH3 is 1. The van der Waals surface area contributed by atoms with Crippen LogP contribution in [0.1, 0.15) is 17.5 Å². The highest BCUT2D eigenvalue weighted by molar-refractivity contribution is 5.97. The quantitative estimate of drug-likeness (QED) is 0.325. The van der Waals surface area contributed by atoms with E-state index < -0.39 is 0 Å². The predicted octanol–water partition coefficient (Wildman–Crippen LogP) is 2.99. The first kappa shape index (κ1) is 24.4. The SMILES string of the molecule is COc1cc2c(Nc3ccc(Cn4ncnn4)cc3)c(C#N)cnc2cc1OCCCN1CCOCC1. The molecule has 190 valence electrons. The van der Waals surface area contributed by atoms with Gasteiger partial charge in [-0.05, 0) is 35.4 Å². The minimum atomic E-state index is 0.435. The third-order valence-corrected chi connectivity index (χ3v) is 6.19. The van der Waals surface area contributed by atoms with Gasteiger partial charge in [-0.1, -0.05) is 12.1 Å². The summed E-state index contributed by atoms with van der Waals surface area (Å²) in [7, 11) is 1.61. The second-order valence-electron chi connectivity index (χ2n) is 8.62.